The molecule has 6 heteroatoms. The summed E-state index contributed by atoms with van der Waals surface area (Å²) in [6.45, 7) is 1.94. The van der Waals surface area contributed by atoms with E-state index in [4.69, 9.17) is 4.52 Å². The molecular formula is C14H18N4O2. The molecule has 106 valence electrons. The molecule has 0 bridgehead atoms. The first-order valence-corrected chi connectivity index (χ1v) is 6.29. The Morgan fingerprint density at radius 2 is 2.00 bits per heavy atom. The average Bonchev–Trinajstić information content (AvgIpc) is 2.83. The SMILES string of the molecule is Cc1cc(NCC(=O)Nc2ccc(N(C)C)cc2)no1. The monoisotopic (exact) mass is 274 g/mol. The first-order valence-electron chi connectivity index (χ1n) is 6.29. The number of nitrogens with one attached hydrogen (secondary N) is 2. The summed E-state index contributed by atoms with van der Waals surface area (Å²) in [7, 11) is 3.94. The Labute approximate surface area is 117 Å². The number of aryl methyl sites for hydroxylation is 1. The minimum absolute atomic E-state index is 0.136. The lowest BCUT2D eigenvalue weighted by Gasteiger charge is -2.13. The van der Waals surface area contributed by atoms with Crippen LogP contribution in [0.3, 0.4) is 0 Å². The average molecular weight is 274 g/mol. The second-order valence-corrected chi connectivity index (χ2v) is 4.67. The van der Waals surface area contributed by atoms with Gasteiger partial charge in [-0.05, 0) is 31.2 Å². The van der Waals surface area contributed by atoms with Crippen molar-refractivity contribution in [1.29, 1.82) is 0 Å². The Morgan fingerprint density at radius 3 is 2.55 bits per heavy atom. The van der Waals surface area contributed by atoms with E-state index < -0.39 is 0 Å². The minimum Gasteiger partial charge on any atom is -0.378 e. The molecule has 0 fully saturated rings. The Hall–Kier alpha value is -2.50. The zero-order valence-electron chi connectivity index (χ0n) is 11.8. The normalized spacial score (nSPS) is 10.2. The molecule has 0 radical (unpaired) electrons. The number of hydrogen-bond donors (Lipinski definition) is 2. The lowest BCUT2D eigenvalue weighted by Crippen LogP contribution is -2.21. The predicted octanol–water partition coefficient (Wildman–Crippen LogP) is 2.10. The van der Waals surface area contributed by atoms with Crippen LogP contribution in [0.25, 0.3) is 0 Å². The summed E-state index contributed by atoms with van der Waals surface area (Å²) in [6.07, 6.45) is 0. The summed E-state index contributed by atoms with van der Waals surface area (Å²) in [5.74, 6) is 1.12. The van der Waals surface area contributed by atoms with Crippen molar-refractivity contribution >= 4 is 23.1 Å². The summed E-state index contributed by atoms with van der Waals surface area (Å²) in [6, 6.07) is 9.37. The molecule has 0 aliphatic heterocycles. The van der Waals surface area contributed by atoms with Crippen LogP contribution >= 0.6 is 0 Å². The molecule has 0 saturated carbocycles. The predicted molar refractivity (Wildman–Crippen MR) is 79.1 cm³/mol. The number of carbonyl (C=O) groups excluding carboxylic acids is 1. The van der Waals surface area contributed by atoms with Gasteiger partial charge in [-0.25, -0.2) is 0 Å². The molecule has 0 aliphatic rings. The van der Waals surface area contributed by atoms with Crippen LogP contribution in [0.5, 0.6) is 0 Å². The smallest absolute Gasteiger partial charge is 0.243 e. The molecule has 0 saturated heterocycles. The van der Waals surface area contributed by atoms with Gasteiger partial charge in [-0.2, -0.15) is 0 Å². The highest BCUT2D eigenvalue weighted by atomic mass is 16.5. The van der Waals surface area contributed by atoms with Crippen molar-refractivity contribution in [3.8, 4) is 0 Å². The first kappa shape index (κ1) is 13.9. The van der Waals surface area contributed by atoms with Gasteiger partial charge in [-0.1, -0.05) is 5.16 Å². The molecule has 1 aromatic carbocycles. The Bertz CT molecular complexity index is 575. The number of hydrogen-bond acceptors (Lipinski definition) is 5. The summed E-state index contributed by atoms with van der Waals surface area (Å²) >= 11 is 0. The largest absolute Gasteiger partial charge is 0.378 e. The van der Waals surface area contributed by atoms with Gasteiger partial charge in [0.25, 0.3) is 0 Å². The highest BCUT2D eigenvalue weighted by Gasteiger charge is 2.05. The molecule has 2 rings (SSSR count). The number of nitrogens with zero attached hydrogens (tertiary/aromatic N) is 2. The van der Waals surface area contributed by atoms with Crippen molar-refractivity contribution in [3.63, 3.8) is 0 Å². The topological polar surface area (TPSA) is 70.4 Å². The second-order valence-electron chi connectivity index (χ2n) is 4.67. The van der Waals surface area contributed by atoms with E-state index in [1.165, 1.54) is 0 Å². The number of anilines is 3. The molecule has 6 nitrogen and oxygen atoms in total. The van der Waals surface area contributed by atoms with Crippen molar-refractivity contribution in [1.82, 2.24) is 5.16 Å². The third kappa shape index (κ3) is 3.74. The van der Waals surface area contributed by atoms with Gasteiger partial charge in [0.15, 0.2) is 5.82 Å². The summed E-state index contributed by atoms with van der Waals surface area (Å²) in [5, 5.41) is 9.45. The standard InChI is InChI=1S/C14H18N4O2/c1-10-8-13(17-20-10)15-9-14(19)16-11-4-6-12(7-5-11)18(2)3/h4-8H,9H2,1-3H3,(H,15,17)(H,16,19). The minimum atomic E-state index is -0.136. The van der Waals surface area contributed by atoms with Crippen LogP contribution in [-0.4, -0.2) is 31.7 Å². The van der Waals surface area contributed by atoms with Crippen LogP contribution in [0.1, 0.15) is 5.76 Å². The molecule has 1 heterocycles. The van der Waals surface area contributed by atoms with Crippen LogP contribution in [0.4, 0.5) is 17.2 Å². The molecule has 1 amide bonds. The molecule has 2 aromatic rings. The molecule has 1 aromatic heterocycles. The summed E-state index contributed by atoms with van der Waals surface area (Å²) in [4.78, 5) is 13.8. The van der Waals surface area contributed by atoms with Crippen LogP contribution in [0.2, 0.25) is 0 Å². The lowest BCUT2D eigenvalue weighted by atomic mass is 10.2. The maximum Gasteiger partial charge on any atom is 0.243 e. The number of amides is 1. The van der Waals surface area contributed by atoms with Gasteiger partial charge < -0.3 is 20.1 Å². The fourth-order valence-electron chi connectivity index (χ4n) is 1.67. The number of benzene rings is 1. The molecule has 0 spiro atoms. The van der Waals surface area contributed by atoms with E-state index in [2.05, 4.69) is 15.8 Å². The van der Waals surface area contributed by atoms with Gasteiger partial charge in [-0.15, -0.1) is 0 Å². The third-order valence-electron chi connectivity index (χ3n) is 2.73. The summed E-state index contributed by atoms with van der Waals surface area (Å²) in [5.41, 5.74) is 1.85. The molecule has 0 unspecified atom stereocenters. The van der Waals surface area contributed by atoms with Crippen molar-refractivity contribution in [2.75, 3.05) is 36.2 Å². The molecular weight excluding hydrogens is 256 g/mol. The zero-order valence-corrected chi connectivity index (χ0v) is 11.8. The highest BCUT2D eigenvalue weighted by Crippen LogP contribution is 2.15. The molecule has 0 atom stereocenters. The highest BCUT2D eigenvalue weighted by molar-refractivity contribution is 5.93. The van der Waals surface area contributed by atoms with Crippen LogP contribution in [0.15, 0.2) is 34.9 Å². The Balaban J connectivity index is 1.84. The van der Waals surface area contributed by atoms with E-state index in [0.717, 1.165) is 11.4 Å². The van der Waals surface area contributed by atoms with Gasteiger partial charge in [-0.3, -0.25) is 4.79 Å². The fraction of sp³-hybridized carbons (Fsp3) is 0.286. The molecule has 2 N–H and O–H groups in total. The van der Waals surface area contributed by atoms with Gasteiger partial charge in [0.05, 0.1) is 6.54 Å². The van der Waals surface area contributed by atoms with Crippen LogP contribution in [-0.2, 0) is 4.79 Å². The van der Waals surface area contributed by atoms with E-state index in [0.29, 0.717) is 11.6 Å². The van der Waals surface area contributed by atoms with Gasteiger partial charge in [0.2, 0.25) is 5.91 Å². The quantitative estimate of drug-likeness (QED) is 0.873. The number of carbonyl (C=O) groups is 1. The van der Waals surface area contributed by atoms with E-state index in [-0.39, 0.29) is 12.5 Å². The zero-order chi connectivity index (χ0) is 14.5. The Kier molecular flexibility index (Phi) is 4.24. The molecule has 20 heavy (non-hydrogen) atoms. The first-order chi connectivity index (χ1) is 9.54. The van der Waals surface area contributed by atoms with E-state index >= 15 is 0 Å². The van der Waals surface area contributed by atoms with Crippen molar-refractivity contribution in [3.05, 3.63) is 36.1 Å². The summed E-state index contributed by atoms with van der Waals surface area (Å²) < 4.78 is 4.90. The van der Waals surface area contributed by atoms with E-state index in [1.54, 1.807) is 13.0 Å². The van der Waals surface area contributed by atoms with E-state index in [1.807, 2.05) is 43.3 Å². The number of rotatable bonds is 5. The van der Waals surface area contributed by atoms with E-state index in [9.17, 15) is 4.79 Å². The van der Waals surface area contributed by atoms with Gasteiger partial charge in [0.1, 0.15) is 5.76 Å². The molecule has 0 aliphatic carbocycles. The van der Waals surface area contributed by atoms with Crippen LogP contribution < -0.4 is 15.5 Å². The fourth-order valence-corrected chi connectivity index (χ4v) is 1.67. The van der Waals surface area contributed by atoms with Crippen molar-refractivity contribution in [2.24, 2.45) is 0 Å². The number of aromatic nitrogens is 1. The Morgan fingerprint density at radius 1 is 1.30 bits per heavy atom. The van der Waals surface area contributed by atoms with Gasteiger partial charge in [0, 0.05) is 31.5 Å². The second kappa shape index (κ2) is 6.10. The maximum atomic E-state index is 11.8. The van der Waals surface area contributed by atoms with Gasteiger partial charge >= 0.3 is 0 Å². The van der Waals surface area contributed by atoms with Crippen molar-refractivity contribution < 1.29 is 9.32 Å². The van der Waals surface area contributed by atoms with Crippen LogP contribution in [0, 0.1) is 6.92 Å². The lowest BCUT2D eigenvalue weighted by molar-refractivity contribution is -0.114. The maximum absolute atomic E-state index is 11.8. The van der Waals surface area contributed by atoms with Crippen molar-refractivity contribution in [2.45, 2.75) is 6.92 Å². The third-order valence-corrected chi connectivity index (χ3v) is 2.73.